The molecule has 1 saturated carbocycles. The second-order valence-corrected chi connectivity index (χ2v) is 5.49. The SMILES string of the molecule is Fc1cccc([C@@]2(F)C(F)(F)C(F)(F)[C@@]2(F)c2cccc(F)c2)c1. The Hall–Kier alpha value is -2.12. The highest BCUT2D eigenvalue weighted by molar-refractivity contribution is 5.48. The molecule has 0 N–H and O–H groups in total. The maximum atomic E-state index is 15.1. The summed E-state index contributed by atoms with van der Waals surface area (Å²) < 4.78 is 112. The summed E-state index contributed by atoms with van der Waals surface area (Å²) in [6.45, 7) is 0. The lowest BCUT2D eigenvalue weighted by Gasteiger charge is -2.58. The Bertz CT molecular complexity index is 735. The van der Waals surface area contributed by atoms with Gasteiger partial charge in [-0.3, -0.25) is 0 Å². The van der Waals surface area contributed by atoms with Crippen molar-refractivity contribution in [3.63, 3.8) is 0 Å². The largest absolute Gasteiger partial charge is 0.355 e. The standard InChI is InChI=1S/C16H8F8/c17-11-5-1-3-9(7-11)13(19)14(20,16(23,24)15(13,21)22)10-4-2-6-12(18)8-10/h1-8H/t13-,14+. The van der Waals surface area contributed by atoms with Gasteiger partial charge in [-0.2, -0.15) is 17.6 Å². The highest BCUT2D eigenvalue weighted by Gasteiger charge is 2.98. The van der Waals surface area contributed by atoms with E-state index in [9.17, 15) is 26.3 Å². The Kier molecular flexibility index (Phi) is 3.28. The van der Waals surface area contributed by atoms with Crippen LogP contribution >= 0.6 is 0 Å². The quantitative estimate of drug-likeness (QED) is 0.645. The van der Waals surface area contributed by atoms with E-state index in [2.05, 4.69) is 0 Å². The first kappa shape index (κ1) is 16.7. The lowest BCUT2D eigenvalue weighted by atomic mass is 9.56. The fourth-order valence-electron chi connectivity index (χ4n) is 2.97. The van der Waals surface area contributed by atoms with E-state index in [1.807, 2.05) is 0 Å². The molecule has 128 valence electrons. The van der Waals surface area contributed by atoms with Crippen molar-refractivity contribution in [3.8, 4) is 0 Å². The molecule has 0 nitrogen and oxygen atoms in total. The van der Waals surface area contributed by atoms with Crippen LogP contribution in [0, 0.1) is 11.6 Å². The van der Waals surface area contributed by atoms with Gasteiger partial charge in [-0.25, -0.2) is 17.6 Å². The molecular weight excluding hydrogens is 344 g/mol. The second-order valence-electron chi connectivity index (χ2n) is 5.49. The van der Waals surface area contributed by atoms with Crippen molar-refractivity contribution in [1.82, 2.24) is 0 Å². The normalized spacial score (nSPS) is 30.7. The Morgan fingerprint density at radius 3 is 1.17 bits per heavy atom. The summed E-state index contributed by atoms with van der Waals surface area (Å²) in [4.78, 5) is 0. The zero-order chi connectivity index (χ0) is 18.0. The molecule has 0 heterocycles. The third kappa shape index (κ3) is 1.63. The summed E-state index contributed by atoms with van der Waals surface area (Å²) in [6, 6.07) is 4.62. The predicted molar refractivity (Wildman–Crippen MR) is 68.3 cm³/mol. The Labute approximate surface area is 130 Å². The number of benzene rings is 2. The molecule has 0 bridgehead atoms. The van der Waals surface area contributed by atoms with Crippen LogP contribution in [0.3, 0.4) is 0 Å². The van der Waals surface area contributed by atoms with Gasteiger partial charge in [0.2, 0.25) is 11.3 Å². The van der Waals surface area contributed by atoms with Gasteiger partial charge in [0.1, 0.15) is 11.6 Å². The minimum atomic E-state index is -5.46. The molecule has 0 spiro atoms. The van der Waals surface area contributed by atoms with E-state index in [0.717, 1.165) is 24.3 Å². The molecule has 2 aromatic carbocycles. The van der Waals surface area contributed by atoms with Gasteiger partial charge in [-0.15, -0.1) is 0 Å². The third-order valence-electron chi connectivity index (χ3n) is 4.18. The van der Waals surface area contributed by atoms with Crippen LogP contribution in [0.4, 0.5) is 35.1 Å². The highest BCUT2D eigenvalue weighted by Crippen LogP contribution is 2.76. The smallest absolute Gasteiger partial charge is 0.227 e. The van der Waals surface area contributed by atoms with Gasteiger partial charge < -0.3 is 0 Å². The van der Waals surface area contributed by atoms with Crippen molar-refractivity contribution in [2.45, 2.75) is 23.2 Å². The zero-order valence-electron chi connectivity index (χ0n) is 11.6. The lowest BCUT2D eigenvalue weighted by Crippen LogP contribution is -2.82. The maximum absolute atomic E-state index is 15.1. The van der Waals surface area contributed by atoms with E-state index in [4.69, 9.17) is 0 Å². The second kappa shape index (κ2) is 4.70. The van der Waals surface area contributed by atoms with Crippen molar-refractivity contribution in [1.29, 1.82) is 0 Å². The Morgan fingerprint density at radius 2 is 0.875 bits per heavy atom. The van der Waals surface area contributed by atoms with Crippen LogP contribution in [0.25, 0.3) is 0 Å². The van der Waals surface area contributed by atoms with Crippen LogP contribution in [-0.4, -0.2) is 11.8 Å². The van der Waals surface area contributed by atoms with Gasteiger partial charge in [-0.05, 0) is 24.3 Å². The number of halogens is 8. The van der Waals surface area contributed by atoms with Crippen molar-refractivity contribution < 1.29 is 35.1 Å². The third-order valence-corrected chi connectivity index (χ3v) is 4.18. The van der Waals surface area contributed by atoms with E-state index in [1.165, 1.54) is 0 Å². The van der Waals surface area contributed by atoms with Crippen molar-refractivity contribution in [2.75, 3.05) is 0 Å². The maximum Gasteiger partial charge on any atom is 0.355 e. The van der Waals surface area contributed by atoms with E-state index < -0.39 is 45.9 Å². The molecule has 1 fully saturated rings. The van der Waals surface area contributed by atoms with Gasteiger partial charge in [-0.1, -0.05) is 24.3 Å². The molecule has 0 aromatic heterocycles. The molecule has 0 saturated heterocycles. The van der Waals surface area contributed by atoms with Crippen LogP contribution in [0.15, 0.2) is 48.5 Å². The first-order valence-electron chi connectivity index (χ1n) is 6.65. The summed E-state index contributed by atoms with van der Waals surface area (Å²) in [5.41, 5.74) is -11.7. The van der Waals surface area contributed by atoms with E-state index in [-0.39, 0.29) is 12.1 Å². The molecule has 3 rings (SSSR count). The van der Waals surface area contributed by atoms with E-state index in [1.54, 1.807) is 0 Å². The van der Waals surface area contributed by atoms with E-state index >= 15 is 8.78 Å². The van der Waals surface area contributed by atoms with Crippen LogP contribution < -0.4 is 0 Å². The van der Waals surface area contributed by atoms with Crippen molar-refractivity contribution in [3.05, 3.63) is 71.3 Å². The van der Waals surface area contributed by atoms with Crippen LogP contribution in [-0.2, 0) is 11.3 Å². The van der Waals surface area contributed by atoms with Crippen LogP contribution in [0.2, 0.25) is 0 Å². The molecule has 2 atom stereocenters. The fourth-order valence-corrected chi connectivity index (χ4v) is 2.97. The molecule has 24 heavy (non-hydrogen) atoms. The first-order chi connectivity index (χ1) is 11.0. The fraction of sp³-hybridized carbons (Fsp3) is 0.250. The van der Waals surface area contributed by atoms with Crippen LogP contribution in [0.1, 0.15) is 11.1 Å². The highest BCUT2D eigenvalue weighted by atomic mass is 19.3. The average Bonchev–Trinajstić information content (AvgIpc) is 2.52. The molecule has 0 aliphatic heterocycles. The Morgan fingerprint density at radius 1 is 0.542 bits per heavy atom. The lowest BCUT2D eigenvalue weighted by molar-refractivity contribution is -0.451. The minimum Gasteiger partial charge on any atom is -0.227 e. The molecule has 1 aliphatic carbocycles. The number of hydrogen-bond donors (Lipinski definition) is 0. The minimum absolute atomic E-state index is 0.205. The molecule has 2 aromatic rings. The molecule has 1 aliphatic rings. The molecule has 0 amide bonds. The van der Waals surface area contributed by atoms with Gasteiger partial charge in [0.05, 0.1) is 0 Å². The Balaban J connectivity index is 2.30. The molecule has 0 radical (unpaired) electrons. The van der Waals surface area contributed by atoms with Gasteiger partial charge >= 0.3 is 11.8 Å². The van der Waals surface area contributed by atoms with Gasteiger partial charge in [0.15, 0.2) is 0 Å². The molecule has 8 heteroatoms. The topological polar surface area (TPSA) is 0 Å². The summed E-state index contributed by atoms with van der Waals surface area (Å²) in [7, 11) is 0. The van der Waals surface area contributed by atoms with Crippen molar-refractivity contribution in [2.24, 2.45) is 0 Å². The first-order valence-corrected chi connectivity index (χ1v) is 6.65. The van der Waals surface area contributed by atoms with Crippen LogP contribution in [0.5, 0.6) is 0 Å². The summed E-state index contributed by atoms with van der Waals surface area (Å²) >= 11 is 0. The number of alkyl halides is 6. The van der Waals surface area contributed by atoms with Gasteiger partial charge in [0.25, 0.3) is 0 Å². The van der Waals surface area contributed by atoms with E-state index in [0.29, 0.717) is 12.1 Å². The number of rotatable bonds is 2. The predicted octanol–water partition coefficient (Wildman–Crippen LogP) is 5.28. The monoisotopic (exact) mass is 352 g/mol. The average molecular weight is 352 g/mol. The zero-order valence-corrected chi connectivity index (χ0v) is 11.6. The summed E-state index contributed by atoms with van der Waals surface area (Å²) in [6.07, 6.45) is 0. The van der Waals surface area contributed by atoms with Gasteiger partial charge in [0, 0.05) is 11.1 Å². The molecule has 0 unspecified atom stereocenters. The summed E-state index contributed by atoms with van der Waals surface area (Å²) in [5.74, 6) is -13.3. The van der Waals surface area contributed by atoms with Crippen molar-refractivity contribution >= 4 is 0 Å². The molecular formula is C16H8F8. The summed E-state index contributed by atoms with van der Waals surface area (Å²) in [5, 5.41) is 0. The number of hydrogen-bond acceptors (Lipinski definition) is 0.